The molecule has 1 atom stereocenters. The highest BCUT2D eigenvalue weighted by Gasteiger charge is 2.34. The minimum absolute atomic E-state index is 0.0840. The van der Waals surface area contributed by atoms with Crippen LogP contribution in [0.25, 0.3) is 0 Å². The zero-order valence-electron chi connectivity index (χ0n) is 17.4. The van der Waals surface area contributed by atoms with Crippen molar-refractivity contribution >= 4 is 27.3 Å². The summed E-state index contributed by atoms with van der Waals surface area (Å²) in [4.78, 5) is 15.3. The zero-order chi connectivity index (χ0) is 21.8. The normalized spacial score (nSPS) is 19.8. The van der Waals surface area contributed by atoms with Gasteiger partial charge in [0.15, 0.2) is 0 Å². The number of anilines is 1. The first-order chi connectivity index (χ1) is 14.9. The molecule has 9 heteroatoms. The number of para-hydroxylation sites is 1. The molecule has 0 bridgehead atoms. The fraction of sp³-hybridized carbons (Fsp3) is 0.364. The van der Waals surface area contributed by atoms with E-state index in [1.165, 1.54) is 0 Å². The summed E-state index contributed by atoms with van der Waals surface area (Å²) in [5.74, 6) is -0.0840. The number of benzene rings is 2. The van der Waals surface area contributed by atoms with E-state index in [1.54, 1.807) is 17.1 Å². The lowest BCUT2D eigenvalue weighted by Crippen LogP contribution is -2.43. The summed E-state index contributed by atoms with van der Waals surface area (Å²) >= 11 is 0. The van der Waals surface area contributed by atoms with E-state index in [0.717, 1.165) is 11.8 Å². The van der Waals surface area contributed by atoms with Gasteiger partial charge in [-0.1, -0.05) is 48.5 Å². The third kappa shape index (κ3) is 5.30. The Labute approximate surface area is 182 Å². The molecule has 0 aliphatic carbocycles. The van der Waals surface area contributed by atoms with E-state index < -0.39 is 10.0 Å². The molecule has 0 saturated carbocycles. The number of carbonyl (C=O) groups excluding carboxylic acids is 1. The third-order valence-electron chi connectivity index (χ3n) is 5.35. The largest absolute Gasteiger partial charge is 0.379 e. The molecule has 8 nitrogen and oxygen atoms in total. The topological polar surface area (TPSA) is 91.3 Å². The van der Waals surface area contributed by atoms with Gasteiger partial charge in [-0.15, -0.1) is 0 Å². The fourth-order valence-electron chi connectivity index (χ4n) is 3.88. The van der Waals surface area contributed by atoms with Crippen LogP contribution < -0.4 is 4.72 Å². The van der Waals surface area contributed by atoms with Crippen LogP contribution in [0.3, 0.4) is 0 Å². The molecule has 1 fully saturated rings. The number of morpholine rings is 1. The first-order valence-corrected chi connectivity index (χ1v) is 12.1. The number of rotatable bonds is 6. The van der Waals surface area contributed by atoms with Crippen molar-refractivity contribution < 1.29 is 17.9 Å². The van der Waals surface area contributed by atoms with Crippen molar-refractivity contribution in [2.75, 3.05) is 43.8 Å². The molecule has 1 N–H and O–H groups in total. The van der Waals surface area contributed by atoms with E-state index in [1.807, 2.05) is 42.5 Å². The average Bonchev–Trinajstić information content (AvgIpc) is 3.20. The number of amides is 1. The molecular formula is C22H26N4O4S. The number of hydrazone groups is 1. The molecule has 2 aromatic rings. The van der Waals surface area contributed by atoms with E-state index in [0.29, 0.717) is 49.7 Å². The third-order valence-corrected chi connectivity index (χ3v) is 5.94. The van der Waals surface area contributed by atoms with E-state index in [4.69, 9.17) is 4.74 Å². The van der Waals surface area contributed by atoms with Gasteiger partial charge in [-0.2, -0.15) is 5.10 Å². The van der Waals surface area contributed by atoms with E-state index >= 15 is 0 Å². The molecule has 1 amide bonds. The van der Waals surface area contributed by atoms with Gasteiger partial charge >= 0.3 is 0 Å². The molecule has 31 heavy (non-hydrogen) atoms. The summed E-state index contributed by atoms with van der Waals surface area (Å²) in [6.45, 7) is 2.94. The highest BCUT2D eigenvalue weighted by atomic mass is 32.2. The maximum absolute atomic E-state index is 13.2. The number of hydrogen-bond donors (Lipinski definition) is 1. The number of hydrogen-bond acceptors (Lipinski definition) is 6. The minimum atomic E-state index is -3.45. The van der Waals surface area contributed by atoms with Gasteiger partial charge in [-0.3, -0.25) is 14.4 Å². The molecule has 1 saturated heterocycles. The number of sulfonamides is 1. The van der Waals surface area contributed by atoms with Crippen LogP contribution in [0.2, 0.25) is 0 Å². The Balaban J connectivity index is 1.65. The predicted molar refractivity (Wildman–Crippen MR) is 119 cm³/mol. The predicted octanol–water partition coefficient (Wildman–Crippen LogP) is 2.07. The highest BCUT2D eigenvalue weighted by molar-refractivity contribution is 7.92. The summed E-state index contributed by atoms with van der Waals surface area (Å²) < 4.78 is 31.6. The van der Waals surface area contributed by atoms with Gasteiger partial charge in [0.1, 0.15) is 0 Å². The Bertz CT molecular complexity index is 1070. The van der Waals surface area contributed by atoms with Crippen molar-refractivity contribution in [2.45, 2.75) is 12.5 Å². The van der Waals surface area contributed by atoms with Crippen molar-refractivity contribution in [2.24, 2.45) is 5.10 Å². The molecule has 2 heterocycles. The van der Waals surface area contributed by atoms with Gasteiger partial charge in [-0.05, 0) is 11.6 Å². The summed E-state index contributed by atoms with van der Waals surface area (Å²) in [6.07, 6.45) is 1.62. The SMILES string of the molecule is CS(=O)(=O)Nc1ccccc1C1=NN(C(=O)CN2CCOCC2)[C@@H](c2ccccc2)C1. The minimum Gasteiger partial charge on any atom is -0.379 e. The maximum Gasteiger partial charge on any atom is 0.257 e. The summed E-state index contributed by atoms with van der Waals surface area (Å²) in [6, 6.07) is 16.7. The maximum atomic E-state index is 13.2. The van der Waals surface area contributed by atoms with E-state index in [-0.39, 0.29) is 18.5 Å². The highest BCUT2D eigenvalue weighted by Crippen LogP contribution is 2.34. The van der Waals surface area contributed by atoms with Gasteiger partial charge < -0.3 is 4.74 Å². The lowest BCUT2D eigenvalue weighted by atomic mass is 9.97. The molecule has 2 aliphatic heterocycles. The van der Waals surface area contributed by atoms with Gasteiger partial charge in [0.05, 0.1) is 43.5 Å². The molecule has 0 unspecified atom stereocenters. The van der Waals surface area contributed by atoms with Gasteiger partial charge in [0, 0.05) is 25.1 Å². The second-order valence-corrected chi connectivity index (χ2v) is 9.47. The monoisotopic (exact) mass is 442 g/mol. The number of nitrogens with zero attached hydrogens (tertiary/aromatic N) is 3. The summed E-state index contributed by atoms with van der Waals surface area (Å²) in [5.41, 5.74) is 2.80. The van der Waals surface area contributed by atoms with Crippen molar-refractivity contribution in [1.29, 1.82) is 0 Å². The molecule has 164 valence electrons. The van der Waals surface area contributed by atoms with Gasteiger partial charge in [0.25, 0.3) is 5.91 Å². The van der Waals surface area contributed by atoms with Crippen LogP contribution in [0.1, 0.15) is 23.6 Å². The number of nitrogens with one attached hydrogen (secondary N) is 1. The summed E-state index contributed by atoms with van der Waals surface area (Å²) in [7, 11) is -3.45. The standard InChI is InChI=1S/C22H26N4O4S/c1-31(28,29)24-19-10-6-5-9-18(19)20-15-21(17-7-3-2-4-8-17)26(23-20)22(27)16-25-11-13-30-14-12-25/h2-10,21,24H,11-16H2,1H3/t21-/m1/s1. The van der Waals surface area contributed by atoms with E-state index in [2.05, 4.69) is 14.7 Å². The Hall–Kier alpha value is -2.75. The van der Waals surface area contributed by atoms with Crippen molar-refractivity contribution in [3.8, 4) is 0 Å². The first-order valence-electron chi connectivity index (χ1n) is 10.2. The number of carbonyl (C=O) groups is 1. The Morgan fingerprint density at radius 1 is 1.10 bits per heavy atom. The Morgan fingerprint density at radius 2 is 1.77 bits per heavy atom. The van der Waals surface area contributed by atoms with Crippen molar-refractivity contribution in [1.82, 2.24) is 9.91 Å². The molecule has 2 aromatic carbocycles. The summed E-state index contributed by atoms with van der Waals surface area (Å²) in [5, 5.41) is 6.23. The Morgan fingerprint density at radius 3 is 2.48 bits per heavy atom. The molecule has 0 aromatic heterocycles. The number of ether oxygens (including phenoxy) is 1. The Kier molecular flexibility index (Phi) is 6.35. The van der Waals surface area contributed by atoms with Crippen molar-refractivity contribution in [3.63, 3.8) is 0 Å². The van der Waals surface area contributed by atoms with Gasteiger partial charge in [0.2, 0.25) is 10.0 Å². The smallest absolute Gasteiger partial charge is 0.257 e. The van der Waals surface area contributed by atoms with Crippen LogP contribution in [0.15, 0.2) is 59.7 Å². The van der Waals surface area contributed by atoms with Crippen molar-refractivity contribution in [3.05, 3.63) is 65.7 Å². The van der Waals surface area contributed by atoms with Crippen LogP contribution in [0.5, 0.6) is 0 Å². The first kappa shape index (κ1) is 21.5. The molecule has 0 spiro atoms. The van der Waals surface area contributed by atoms with E-state index in [9.17, 15) is 13.2 Å². The fourth-order valence-corrected chi connectivity index (χ4v) is 4.46. The lowest BCUT2D eigenvalue weighted by Gasteiger charge is -2.29. The van der Waals surface area contributed by atoms with Crippen LogP contribution in [0, 0.1) is 0 Å². The molecular weight excluding hydrogens is 416 g/mol. The quantitative estimate of drug-likeness (QED) is 0.740. The van der Waals surface area contributed by atoms with Crippen LogP contribution in [-0.2, 0) is 19.6 Å². The van der Waals surface area contributed by atoms with Crippen LogP contribution >= 0.6 is 0 Å². The second kappa shape index (κ2) is 9.17. The zero-order valence-corrected chi connectivity index (χ0v) is 18.2. The lowest BCUT2D eigenvalue weighted by molar-refractivity contribution is -0.135. The molecule has 2 aliphatic rings. The average molecular weight is 443 g/mol. The van der Waals surface area contributed by atoms with Gasteiger partial charge in [-0.25, -0.2) is 13.4 Å². The van der Waals surface area contributed by atoms with Crippen LogP contribution in [0.4, 0.5) is 5.69 Å². The second-order valence-electron chi connectivity index (χ2n) is 7.72. The van der Waals surface area contributed by atoms with Crippen LogP contribution in [-0.4, -0.2) is 69.0 Å². The molecule has 0 radical (unpaired) electrons. The molecule has 4 rings (SSSR count).